The number of aliphatic carboxylic acids is 1. The van der Waals surface area contributed by atoms with Gasteiger partial charge in [0.1, 0.15) is 0 Å². The first-order valence-corrected chi connectivity index (χ1v) is 13.4. The topological polar surface area (TPSA) is 117 Å². The number of amides is 1. The summed E-state index contributed by atoms with van der Waals surface area (Å²) in [5, 5.41) is 27.5. The second-order valence-electron chi connectivity index (χ2n) is 12.0. The van der Waals surface area contributed by atoms with E-state index >= 15 is 0 Å². The zero-order valence-electron chi connectivity index (χ0n) is 21.6. The quantitative estimate of drug-likeness (QED) is 0.501. The molecule has 0 spiro atoms. The molecule has 3 aliphatic carbocycles. The van der Waals surface area contributed by atoms with Crippen molar-refractivity contribution in [3.8, 4) is 11.4 Å². The van der Waals surface area contributed by atoms with Crippen LogP contribution in [0.5, 0.6) is 0 Å². The molecule has 0 aliphatic heterocycles. The number of benzene rings is 1. The average Bonchev–Trinajstić information content (AvgIpc) is 3.42. The summed E-state index contributed by atoms with van der Waals surface area (Å²) >= 11 is 0. The van der Waals surface area contributed by atoms with Gasteiger partial charge in [-0.1, -0.05) is 32.3 Å². The molecule has 1 amide bonds. The highest BCUT2D eigenvalue weighted by Crippen LogP contribution is 2.49. The molecule has 8 heteroatoms. The van der Waals surface area contributed by atoms with Crippen LogP contribution < -0.4 is 5.32 Å². The van der Waals surface area contributed by atoms with Gasteiger partial charge >= 0.3 is 5.97 Å². The highest BCUT2D eigenvalue weighted by atomic mass is 16.4. The molecule has 194 valence electrons. The Morgan fingerprint density at radius 3 is 2.44 bits per heavy atom. The minimum absolute atomic E-state index is 0.106. The molecule has 3 aliphatic rings. The largest absolute Gasteiger partial charge is 0.481 e. The lowest BCUT2D eigenvalue weighted by atomic mass is 9.80. The first-order chi connectivity index (χ1) is 17.0. The Balaban J connectivity index is 1.48. The fraction of sp³-hybridized carbons (Fsp3) is 0.643. The minimum Gasteiger partial charge on any atom is -0.481 e. The van der Waals surface area contributed by atoms with E-state index in [1.807, 2.05) is 10.7 Å². The number of nitrogens with zero attached hydrogens (tertiary/aromatic N) is 3. The molecule has 1 aromatic heterocycles. The second-order valence-corrected chi connectivity index (χ2v) is 12.0. The van der Waals surface area contributed by atoms with Crippen molar-refractivity contribution in [1.82, 2.24) is 20.1 Å². The van der Waals surface area contributed by atoms with E-state index in [0.29, 0.717) is 31.1 Å². The van der Waals surface area contributed by atoms with Crippen molar-refractivity contribution < 1.29 is 19.8 Å². The Hall–Kier alpha value is -2.74. The number of hydrogen-bond acceptors (Lipinski definition) is 5. The SMILES string of the molecule is CC(C)(O)c1cc(-c2nc(C(=O)NC3CC(C(=O)O)C3)nn2CC2CCCCC2)cc(C2(C)CC2)c1. The fourth-order valence-electron chi connectivity index (χ4n) is 5.52. The highest BCUT2D eigenvalue weighted by molar-refractivity contribution is 5.91. The number of nitrogens with one attached hydrogen (secondary N) is 1. The van der Waals surface area contributed by atoms with Gasteiger partial charge in [-0.05, 0) is 87.0 Å². The molecule has 0 unspecified atom stereocenters. The van der Waals surface area contributed by atoms with E-state index in [0.717, 1.165) is 36.8 Å². The minimum atomic E-state index is -1.00. The Kier molecular flexibility index (Phi) is 6.43. The third-order valence-corrected chi connectivity index (χ3v) is 8.45. The van der Waals surface area contributed by atoms with Crippen molar-refractivity contribution in [2.45, 2.75) is 102 Å². The van der Waals surface area contributed by atoms with Crippen molar-refractivity contribution in [3.05, 3.63) is 35.2 Å². The summed E-state index contributed by atoms with van der Waals surface area (Å²) in [5.74, 6) is -0.304. The Bertz CT molecular complexity index is 1130. The van der Waals surface area contributed by atoms with E-state index in [-0.39, 0.29) is 23.2 Å². The molecule has 1 heterocycles. The number of carbonyl (C=O) groups excluding carboxylic acids is 1. The average molecular weight is 495 g/mol. The van der Waals surface area contributed by atoms with Crippen molar-refractivity contribution in [2.75, 3.05) is 0 Å². The van der Waals surface area contributed by atoms with Gasteiger partial charge in [0.2, 0.25) is 5.82 Å². The summed E-state index contributed by atoms with van der Waals surface area (Å²) in [6.45, 7) is 6.54. The fourth-order valence-corrected chi connectivity index (χ4v) is 5.52. The first-order valence-electron chi connectivity index (χ1n) is 13.4. The first kappa shape index (κ1) is 24.9. The van der Waals surface area contributed by atoms with Crippen molar-refractivity contribution >= 4 is 11.9 Å². The molecule has 3 N–H and O–H groups in total. The Labute approximate surface area is 212 Å². The summed E-state index contributed by atoms with van der Waals surface area (Å²) in [7, 11) is 0. The molecule has 0 saturated heterocycles. The zero-order chi connectivity index (χ0) is 25.7. The number of hydrogen-bond donors (Lipinski definition) is 3. The van der Waals surface area contributed by atoms with Gasteiger partial charge in [-0.2, -0.15) is 0 Å². The zero-order valence-corrected chi connectivity index (χ0v) is 21.6. The van der Waals surface area contributed by atoms with E-state index < -0.39 is 17.5 Å². The van der Waals surface area contributed by atoms with E-state index in [1.165, 1.54) is 24.8 Å². The summed E-state index contributed by atoms with van der Waals surface area (Å²) in [5.41, 5.74) is 1.99. The molecular formula is C28H38N4O4. The van der Waals surface area contributed by atoms with Gasteiger partial charge in [-0.15, -0.1) is 5.10 Å². The van der Waals surface area contributed by atoms with Crippen LogP contribution in [0.15, 0.2) is 18.2 Å². The van der Waals surface area contributed by atoms with Crippen molar-refractivity contribution in [1.29, 1.82) is 0 Å². The predicted molar refractivity (Wildman–Crippen MR) is 135 cm³/mol. The number of aromatic nitrogens is 3. The molecule has 0 radical (unpaired) electrons. The predicted octanol–water partition coefficient (Wildman–Crippen LogP) is 4.40. The van der Waals surface area contributed by atoms with Crippen LogP contribution in [-0.2, 0) is 22.4 Å². The lowest BCUT2D eigenvalue weighted by Gasteiger charge is -2.32. The monoisotopic (exact) mass is 494 g/mol. The maximum atomic E-state index is 13.0. The van der Waals surface area contributed by atoms with Crippen LogP contribution in [0, 0.1) is 11.8 Å². The van der Waals surface area contributed by atoms with Crippen LogP contribution in [0.4, 0.5) is 0 Å². The van der Waals surface area contributed by atoms with Crippen LogP contribution in [0.1, 0.15) is 100 Å². The van der Waals surface area contributed by atoms with Gasteiger partial charge in [-0.3, -0.25) is 9.59 Å². The van der Waals surface area contributed by atoms with E-state index in [2.05, 4.69) is 29.5 Å². The standard InChI is InChI=1S/C28H38N4O4/c1-27(2,36)20-11-18(12-21(15-20)28(3)9-10-28)24-30-23(25(33)29-22-13-19(14-22)26(34)35)31-32(24)16-17-7-5-4-6-8-17/h11-12,15,17,19,22,36H,4-10,13-14,16H2,1-3H3,(H,29,33)(H,34,35). The molecule has 1 aromatic carbocycles. The van der Waals surface area contributed by atoms with Crippen LogP contribution in [0.3, 0.4) is 0 Å². The van der Waals surface area contributed by atoms with Crippen LogP contribution in [-0.4, -0.2) is 42.9 Å². The third-order valence-electron chi connectivity index (χ3n) is 8.45. The lowest BCUT2D eigenvalue weighted by molar-refractivity contribution is -0.145. The molecular weight excluding hydrogens is 456 g/mol. The summed E-state index contributed by atoms with van der Waals surface area (Å²) < 4.78 is 1.88. The van der Waals surface area contributed by atoms with Gasteiger partial charge in [-0.25, -0.2) is 9.67 Å². The van der Waals surface area contributed by atoms with Gasteiger partial charge in [0, 0.05) is 18.2 Å². The van der Waals surface area contributed by atoms with Crippen molar-refractivity contribution in [3.63, 3.8) is 0 Å². The lowest BCUT2D eigenvalue weighted by Crippen LogP contribution is -2.47. The number of carboxylic acid groups (broad SMARTS) is 1. The molecule has 2 aromatic rings. The number of carbonyl (C=O) groups is 2. The van der Waals surface area contributed by atoms with E-state index in [9.17, 15) is 14.7 Å². The summed E-state index contributed by atoms with van der Waals surface area (Å²) in [6.07, 6.45) is 9.09. The molecule has 36 heavy (non-hydrogen) atoms. The highest BCUT2D eigenvalue weighted by Gasteiger charge is 2.40. The van der Waals surface area contributed by atoms with Crippen LogP contribution in [0.2, 0.25) is 0 Å². The van der Waals surface area contributed by atoms with E-state index in [4.69, 9.17) is 10.1 Å². The molecule has 0 bridgehead atoms. The second kappa shape index (κ2) is 9.29. The van der Waals surface area contributed by atoms with E-state index in [1.54, 1.807) is 13.8 Å². The van der Waals surface area contributed by atoms with Gasteiger partial charge in [0.15, 0.2) is 5.82 Å². The van der Waals surface area contributed by atoms with Crippen molar-refractivity contribution in [2.24, 2.45) is 11.8 Å². The Morgan fingerprint density at radius 1 is 1.14 bits per heavy atom. The Morgan fingerprint density at radius 2 is 1.83 bits per heavy atom. The number of rotatable bonds is 8. The van der Waals surface area contributed by atoms with Gasteiger partial charge in [0.05, 0.1) is 11.5 Å². The smallest absolute Gasteiger partial charge is 0.306 e. The third kappa shape index (κ3) is 5.19. The molecule has 8 nitrogen and oxygen atoms in total. The number of carboxylic acids is 1. The molecule has 0 atom stereocenters. The molecule has 3 fully saturated rings. The number of aliphatic hydroxyl groups is 1. The van der Waals surface area contributed by atoms with Crippen LogP contribution >= 0.6 is 0 Å². The summed E-state index contributed by atoms with van der Waals surface area (Å²) in [4.78, 5) is 28.9. The van der Waals surface area contributed by atoms with Crippen LogP contribution in [0.25, 0.3) is 11.4 Å². The molecule has 3 saturated carbocycles. The normalized spacial score (nSPS) is 23.7. The maximum absolute atomic E-state index is 13.0. The summed E-state index contributed by atoms with van der Waals surface area (Å²) in [6, 6.07) is 6.06. The van der Waals surface area contributed by atoms with Gasteiger partial charge in [0.25, 0.3) is 5.91 Å². The molecule has 5 rings (SSSR count). The van der Waals surface area contributed by atoms with Gasteiger partial charge < -0.3 is 15.5 Å². The maximum Gasteiger partial charge on any atom is 0.306 e.